The zero-order valence-corrected chi connectivity index (χ0v) is 19.0. The first-order valence-electron chi connectivity index (χ1n) is 9.92. The number of guanidine groups is 1. The summed E-state index contributed by atoms with van der Waals surface area (Å²) in [5.41, 5.74) is 0.908. The molecular weight excluding hydrogens is 495 g/mol. The van der Waals surface area contributed by atoms with Gasteiger partial charge in [0.2, 0.25) is 0 Å². The maximum atomic E-state index is 12.3. The van der Waals surface area contributed by atoms with Crippen molar-refractivity contribution >= 4 is 29.9 Å². The van der Waals surface area contributed by atoms with Crippen LogP contribution in [0.2, 0.25) is 0 Å². The Morgan fingerprint density at radius 3 is 2.86 bits per heavy atom. The SMILES string of the molecule is CCNC(=NCc1cccc(OCC(F)F)c1)N1CCOC(C2CCCO2)C1.I. The topological polar surface area (TPSA) is 55.3 Å². The summed E-state index contributed by atoms with van der Waals surface area (Å²) < 4.78 is 41.5. The van der Waals surface area contributed by atoms with Gasteiger partial charge in [-0.25, -0.2) is 13.8 Å². The van der Waals surface area contributed by atoms with Crippen molar-refractivity contribution < 1.29 is 23.0 Å². The summed E-state index contributed by atoms with van der Waals surface area (Å²) in [4.78, 5) is 6.94. The van der Waals surface area contributed by atoms with Crippen LogP contribution in [0.25, 0.3) is 0 Å². The molecule has 1 N–H and O–H groups in total. The molecule has 1 aromatic carbocycles. The number of benzene rings is 1. The minimum atomic E-state index is -2.49. The van der Waals surface area contributed by atoms with Crippen LogP contribution in [0.5, 0.6) is 5.75 Å². The summed E-state index contributed by atoms with van der Waals surface area (Å²) in [7, 11) is 0. The van der Waals surface area contributed by atoms with Crippen LogP contribution >= 0.6 is 24.0 Å². The first-order chi connectivity index (χ1) is 13.7. The molecule has 0 radical (unpaired) electrons. The molecule has 2 atom stereocenters. The standard InChI is InChI=1S/C20H29F2N3O3.HI/c1-2-23-20(25-8-10-27-18(13-25)17-7-4-9-26-17)24-12-15-5-3-6-16(11-15)28-14-19(21)22;/h3,5-6,11,17-19H,2,4,7-10,12-14H2,1H3,(H,23,24);1H. The Bertz CT molecular complexity index is 645. The Morgan fingerprint density at radius 2 is 2.14 bits per heavy atom. The first-order valence-corrected chi connectivity index (χ1v) is 9.92. The average Bonchev–Trinajstić information content (AvgIpc) is 3.25. The normalized spacial score (nSPS) is 22.5. The lowest BCUT2D eigenvalue weighted by Gasteiger charge is -2.37. The molecule has 6 nitrogen and oxygen atoms in total. The van der Waals surface area contributed by atoms with Crippen molar-refractivity contribution in [3.63, 3.8) is 0 Å². The summed E-state index contributed by atoms with van der Waals surface area (Å²) >= 11 is 0. The summed E-state index contributed by atoms with van der Waals surface area (Å²) in [5.74, 6) is 1.26. The van der Waals surface area contributed by atoms with Crippen LogP contribution in [0, 0.1) is 0 Å². The number of ether oxygens (including phenoxy) is 3. The number of hydrogen-bond donors (Lipinski definition) is 1. The molecule has 0 aromatic heterocycles. The Hall–Kier alpha value is -1.20. The molecule has 2 unspecified atom stereocenters. The van der Waals surface area contributed by atoms with Gasteiger partial charge in [-0.2, -0.15) is 0 Å². The highest BCUT2D eigenvalue weighted by molar-refractivity contribution is 14.0. The van der Waals surface area contributed by atoms with Crippen LogP contribution in [0.1, 0.15) is 25.3 Å². The second kappa shape index (κ2) is 12.5. The molecule has 9 heteroatoms. The van der Waals surface area contributed by atoms with E-state index in [1.54, 1.807) is 18.2 Å². The Morgan fingerprint density at radius 1 is 1.31 bits per heavy atom. The van der Waals surface area contributed by atoms with Gasteiger partial charge in [-0.15, -0.1) is 24.0 Å². The van der Waals surface area contributed by atoms with Crippen LogP contribution in [0.3, 0.4) is 0 Å². The summed E-state index contributed by atoms with van der Waals surface area (Å²) in [5, 5.41) is 3.34. The maximum Gasteiger partial charge on any atom is 0.272 e. The van der Waals surface area contributed by atoms with Gasteiger partial charge in [-0.3, -0.25) is 0 Å². The van der Waals surface area contributed by atoms with E-state index in [2.05, 4.69) is 10.2 Å². The number of morpholine rings is 1. The van der Waals surface area contributed by atoms with Gasteiger partial charge in [0.05, 0.1) is 19.3 Å². The molecule has 0 spiro atoms. The molecule has 1 aromatic rings. The lowest BCUT2D eigenvalue weighted by Crippen LogP contribution is -2.53. The molecule has 2 heterocycles. The molecule has 2 aliphatic heterocycles. The fourth-order valence-electron chi connectivity index (χ4n) is 3.47. The van der Waals surface area contributed by atoms with Gasteiger partial charge in [-0.1, -0.05) is 12.1 Å². The molecule has 2 fully saturated rings. The van der Waals surface area contributed by atoms with Gasteiger partial charge in [0.25, 0.3) is 6.43 Å². The van der Waals surface area contributed by atoms with Crippen LogP contribution in [0.15, 0.2) is 29.3 Å². The second-order valence-corrected chi connectivity index (χ2v) is 6.93. The van der Waals surface area contributed by atoms with Crippen molar-refractivity contribution in [2.45, 2.75) is 44.9 Å². The highest BCUT2D eigenvalue weighted by Crippen LogP contribution is 2.21. The molecule has 29 heavy (non-hydrogen) atoms. The van der Waals surface area contributed by atoms with Crippen molar-refractivity contribution in [1.82, 2.24) is 10.2 Å². The van der Waals surface area contributed by atoms with E-state index in [9.17, 15) is 8.78 Å². The van der Waals surface area contributed by atoms with E-state index in [0.29, 0.717) is 18.9 Å². The quantitative estimate of drug-likeness (QED) is 0.337. The van der Waals surface area contributed by atoms with Crippen molar-refractivity contribution in [2.75, 3.05) is 39.5 Å². The molecule has 0 amide bonds. The minimum absolute atomic E-state index is 0. The van der Waals surface area contributed by atoms with E-state index in [4.69, 9.17) is 19.2 Å². The van der Waals surface area contributed by atoms with Gasteiger partial charge in [0.15, 0.2) is 5.96 Å². The Kier molecular flexibility index (Phi) is 10.4. The van der Waals surface area contributed by atoms with Crippen molar-refractivity contribution in [2.24, 2.45) is 4.99 Å². The molecular formula is C20H30F2IN3O3. The van der Waals surface area contributed by atoms with E-state index >= 15 is 0 Å². The number of nitrogens with zero attached hydrogens (tertiary/aromatic N) is 2. The third-order valence-electron chi connectivity index (χ3n) is 4.79. The lowest BCUT2D eigenvalue weighted by atomic mass is 10.1. The monoisotopic (exact) mass is 525 g/mol. The lowest BCUT2D eigenvalue weighted by molar-refractivity contribution is -0.0817. The van der Waals surface area contributed by atoms with E-state index in [1.807, 2.05) is 13.0 Å². The molecule has 2 saturated heterocycles. The van der Waals surface area contributed by atoms with Crippen LogP contribution in [-0.2, 0) is 16.0 Å². The minimum Gasteiger partial charge on any atom is -0.488 e. The molecule has 0 bridgehead atoms. The Labute approximate surface area is 188 Å². The van der Waals surface area contributed by atoms with E-state index in [1.165, 1.54) is 0 Å². The Balaban J connectivity index is 0.00000300. The fourth-order valence-corrected chi connectivity index (χ4v) is 3.47. The maximum absolute atomic E-state index is 12.3. The van der Waals surface area contributed by atoms with Crippen molar-refractivity contribution in [1.29, 1.82) is 0 Å². The largest absolute Gasteiger partial charge is 0.488 e. The highest BCUT2D eigenvalue weighted by atomic mass is 127. The predicted octanol–water partition coefficient (Wildman–Crippen LogP) is 3.29. The van der Waals surface area contributed by atoms with Gasteiger partial charge >= 0.3 is 0 Å². The van der Waals surface area contributed by atoms with E-state index in [-0.39, 0.29) is 36.2 Å². The number of aliphatic imine (C=N–C) groups is 1. The molecule has 0 aliphatic carbocycles. The number of nitrogens with one attached hydrogen (secondary N) is 1. The van der Waals surface area contributed by atoms with Crippen LogP contribution < -0.4 is 10.1 Å². The fraction of sp³-hybridized carbons (Fsp3) is 0.650. The molecule has 164 valence electrons. The molecule has 3 rings (SSSR count). The third-order valence-corrected chi connectivity index (χ3v) is 4.79. The second-order valence-electron chi connectivity index (χ2n) is 6.93. The van der Waals surface area contributed by atoms with Crippen molar-refractivity contribution in [3.05, 3.63) is 29.8 Å². The van der Waals surface area contributed by atoms with Crippen LogP contribution in [0.4, 0.5) is 8.78 Å². The highest BCUT2D eigenvalue weighted by Gasteiger charge is 2.32. The number of halogens is 3. The smallest absolute Gasteiger partial charge is 0.272 e. The molecule has 0 saturated carbocycles. The first kappa shape index (κ1) is 24.1. The van der Waals surface area contributed by atoms with Gasteiger partial charge < -0.3 is 24.4 Å². The number of alkyl halides is 2. The van der Waals surface area contributed by atoms with Gasteiger partial charge in [0, 0.05) is 26.2 Å². The third kappa shape index (κ3) is 7.53. The summed E-state index contributed by atoms with van der Waals surface area (Å²) in [6, 6.07) is 7.14. The summed E-state index contributed by atoms with van der Waals surface area (Å²) in [6.07, 6.45) is -0.138. The van der Waals surface area contributed by atoms with Crippen LogP contribution in [-0.4, -0.2) is 68.9 Å². The van der Waals surface area contributed by atoms with Crippen molar-refractivity contribution in [3.8, 4) is 5.75 Å². The zero-order valence-electron chi connectivity index (χ0n) is 16.7. The number of hydrogen-bond acceptors (Lipinski definition) is 4. The zero-order chi connectivity index (χ0) is 19.8. The summed E-state index contributed by atoms with van der Waals surface area (Å²) in [6.45, 7) is 5.60. The average molecular weight is 525 g/mol. The van der Waals surface area contributed by atoms with Gasteiger partial charge in [-0.05, 0) is 37.5 Å². The predicted molar refractivity (Wildman–Crippen MR) is 118 cm³/mol. The molecule has 2 aliphatic rings. The van der Waals surface area contributed by atoms with E-state index < -0.39 is 13.0 Å². The number of rotatable bonds is 7. The van der Waals surface area contributed by atoms with E-state index in [0.717, 1.165) is 50.6 Å². The van der Waals surface area contributed by atoms with Gasteiger partial charge in [0.1, 0.15) is 18.5 Å².